The molecule has 4 nitrogen and oxygen atoms in total. The molecule has 2 rings (SSSR count). The fraction of sp³-hybridized carbons (Fsp3) is 0.375. The van der Waals surface area contributed by atoms with E-state index in [2.05, 4.69) is 31.1 Å². The van der Waals surface area contributed by atoms with Crippen LogP contribution in [0.1, 0.15) is 18.1 Å². The molecule has 0 N–H and O–H groups in total. The molecule has 5 heteroatoms. The maximum absolute atomic E-state index is 11.9. The fourth-order valence-corrected chi connectivity index (χ4v) is 2.61. The van der Waals surface area contributed by atoms with E-state index in [0.717, 1.165) is 17.0 Å². The van der Waals surface area contributed by atoms with Crippen LogP contribution in [0.5, 0.6) is 0 Å². The number of aryl methyl sites for hydroxylation is 1. The van der Waals surface area contributed by atoms with Gasteiger partial charge in [-0.1, -0.05) is 19.1 Å². The Morgan fingerprint density at radius 3 is 2.95 bits per heavy atom. The smallest absolute Gasteiger partial charge is 0.232 e. The van der Waals surface area contributed by atoms with Crippen molar-refractivity contribution in [2.24, 2.45) is 0 Å². The van der Waals surface area contributed by atoms with Gasteiger partial charge in [-0.05, 0) is 30.4 Å². The topological polar surface area (TPSA) is 38.1 Å². The summed E-state index contributed by atoms with van der Waals surface area (Å²) in [6, 6.07) is 8.19. The second kappa shape index (κ2) is 7.31. The van der Waals surface area contributed by atoms with Crippen molar-refractivity contribution in [3.63, 3.8) is 0 Å². The molecule has 112 valence electrons. The number of amides is 1. The van der Waals surface area contributed by atoms with Crippen LogP contribution in [0.4, 0.5) is 0 Å². The molecule has 0 unspecified atom stereocenters. The van der Waals surface area contributed by atoms with Gasteiger partial charge in [0.15, 0.2) is 0 Å². The second-order valence-electron chi connectivity index (χ2n) is 5.02. The summed E-state index contributed by atoms with van der Waals surface area (Å²) in [7, 11) is 1.84. The Bertz CT molecular complexity index is 609. The lowest BCUT2D eigenvalue weighted by Crippen LogP contribution is -2.27. The van der Waals surface area contributed by atoms with Gasteiger partial charge in [-0.3, -0.25) is 4.79 Å². The lowest BCUT2D eigenvalue weighted by molar-refractivity contribution is -0.127. The average molecular weight is 303 g/mol. The van der Waals surface area contributed by atoms with Crippen molar-refractivity contribution < 1.29 is 4.79 Å². The van der Waals surface area contributed by atoms with Gasteiger partial charge in [0.2, 0.25) is 5.91 Å². The van der Waals surface area contributed by atoms with Gasteiger partial charge in [0.1, 0.15) is 0 Å². The lowest BCUT2D eigenvalue weighted by Gasteiger charge is -2.15. The van der Waals surface area contributed by atoms with Crippen LogP contribution in [0.15, 0.2) is 36.7 Å². The molecule has 0 aliphatic rings. The molecule has 0 saturated heterocycles. The highest BCUT2D eigenvalue weighted by Crippen LogP contribution is 2.12. The van der Waals surface area contributed by atoms with Crippen molar-refractivity contribution >= 4 is 17.7 Å². The minimum Gasteiger partial charge on any atom is -0.341 e. The number of hydrogen-bond donors (Lipinski definition) is 0. The van der Waals surface area contributed by atoms with Crippen molar-refractivity contribution in [1.29, 1.82) is 0 Å². The number of carbonyl (C=O) groups excluding carboxylic acids is 1. The van der Waals surface area contributed by atoms with Gasteiger partial charge in [-0.15, -0.1) is 0 Å². The molecule has 0 bridgehead atoms. The highest BCUT2D eigenvalue weighted by atomic mass is 32.2. The Kier molecular flexibility index (Phi) is 5.44. The van der Waals surface area contributed by atoms with E-state index in [1.165, 1.54) is 5.56 Å². The minimum atomic E-state index is 0.158. The van der Waals surface area contributed by atoms with Crippen LogP contribution >= 0.6 is 11.8 Å². The van der Waals surface area contributed by atoms with Crippen LogP contribution in [0.25, 0.3) is 5.69 Å². The van der Waals surface area contributed by atoms with Crippen LogP contribution in [0, 0.1) is 6.92 Å². The van der Waals surface area contributed by atoms with Gasteiger partial charge < -0.3 is 4.90 Å². The Morgan fingerprint density at radius 2 is 2.24 bits per heavy atom. The van der Waals surface area contributed by atoms with E-state index in [9.17, 15) is 4.79 Å². The van der Waals surface area contributed by atoms with Crippen molar-refractivity contribution in [3.8, 4) is 5.69 Å². The van der Waals surface area contributed by atoms with E-state index in [0.29, 0.717) is 12.3 Å². The van der Waals surface area contributed by atoms with E-state index >= 15 is 0 Å². The number of nitrogens with zero attached hydrogens (tertiary/aromatic N) is 3. The van der Waals surface area contributed by atoms with Crippen molar-refractivity contribution in [2.45, 2.75) is 20.4 Å². The van der Waals surface area contributed by atoms with E-state index in [1.807, 2.05) is 36.3 Å². The summed E-state index contributed by atoms with van der Waals surface area (Å²) in [5.74, 6) is 1.66. The van der Waals surface area contributed by atoms with Crippen molar-refractivity contribution in [2.75, 3.05) is 18.6 Å². The summed E-state index contributed by atoms with van der Waals surface area (Å²) in [5, 5.41) is 4.38. The molecule has 2 aromatic rings. The monoisotopic (exact) mass is 303 g/mol. The first-order valence-electron chi connectivity index (χ1n) is 7.02. The number of aromatic nitrogens is 2. The zero-order valence-electron chi connectivity index (χ0n) is 12.7. The first kappa shape index (κ1) is 15.6. The van der Waals surface area contributed by atoms with Crippen molar-refractivity contribution in [3.05, 3.63) is 47.8 Å². The van der Waals surface area contributed by atoms with Crippen LogP contribution < -0.4 is 0 Å². The summed E-state index contributed by atoms with van der Waals surface area (Å²) in [6.07, 6.45) is 3.80. The molecule has 21 heavy (non-hydrogen) atoms. The second-order valence-corrected chi connectivity index (χ2v) is 6.29. The zero-order valence-corrected chi connectivity index (χ0v) is 13.6. The van der Waals surface area contributed by atoms with E-state index in [-0.39, 0.29) is 5.91 Å². The summed E-state index contributed by atoms with van der Waals surface area (Å²) < 4.78 is 1.85. The van der Waals surface area contributed by atoms with E-state index in [1.54, 1.807) is 16.7 Å². The molecule has 1 aromatic carbocycles. The summed E-state index contributed by atoms with van der Waals surface area (Å²) >= 11 is 1.65. The Morgan fingerprint density at radius 1 is 1.43 bits per heavy atom. The molecule has 0 fully saturated rings. The zero-order chi connectivity index (χ0) is 15.2. The number of carbonyl (C=O) groups is 1. The first-order chi connectivity index (χ1) is 10.1. The number of hydrogen-bond acceptors (Lipinski definition) is 3. The maximum Gasteiger partial charge on any atom is 0.232 e. The summed E-state index contributed by atoms with van der Waals surface area (Å²) in [4.78, 5) is 13.7. The third-order valence-electron chi connectivity index (χ3n) is 3.18. The van der Waals surface area contributed by atoms with Gasteiger partial charge in [-0.25, -0.2) is 4.68 Å². The molecule has 1 heterocycles. The van der Waals surface area contributed by atoms with Gasteiger partial charge in [0, 0.05) is 25.4 Å². The largest absolute Gasteiger partial charge is 0.341 e. The number of benzene rings is 1. The predicted octanol–water partition coefficient (Wildman–Crippen LogP) is 2.89. The van der Waals surface area contributed by atoms with Crippen molar-refractivity contribution in [1.82, 2.24) is 14.7 Å². The Labute approximate surface area is 130 Å². The number of thioether (sulfide) groups is 1. The highest BCUT2D eigenvalue weighted by Gasteiger charge is 2.10. The van der Waals surface area contributed by atoms with Gasteiger partial charge in [0.05, 0.1) is 17.6 Å². The molecule has 0 aliphatic heterocycles. The first-order valence-corrected chi connectivity index (χ1v) is 8.18. The third-order valence-corrected chi connectivity index (χ3v) is 4.04. The van der Waals surface area contributed by atoms with Gasteiger partial charge in [0.25, 0.3) is 0 Å². The summed E-state index contributed by atoms with van der Waals surface area (Å²) in [6.45, 7) is 4.71. The van der Waals surface area contributed by atoms with Crippen LogP contribution in [-0.2, 0) is 11.3 Å². The fourth-order valence-electron chi connectivity index (χ4n) is 2.02. The number of rotatable bonds is 6. The normalized spacial score (nSPS) is 10.6. The predicted molar refractivity (Wildman–Crippen MR) is 87.8 cm³/mol. The molecule has 0 saturated carbocycles. The molecular formula is C16H21N3OS. The molecule has 0 spiro atoms. The lowest BCUT2D eigenvalue weighted by atomic mass is 10.2. The van der Waals surface area contributed by atoms with E-state index in [4.69, 9.17) is 0 Å². The molecule has 0 aliphatic carbocycles. The van der Waals surface area contributed by atoms with Gasteiger partial charge >= 0.3 is 0 Å². The third kappa shape index (κ3) is 4.36. The SMILES string of the molecule is CCSCC(=O)N(C)Cc1cnn(-c2cccc(C)c2)c1. The molecule has 1 aromatic heterocycles. The van der Waals surface area contributed by atoms with Gasteiger partial charge in [-0.2, -0.15) is 16.9 Å². The molecule has 0 radical (unpaired) electrons. The minimum absolute atomic E-state index is 0.158. The van der Waals surface area contributed by atoms with Crippen LogP contribution in [-0.4, -0.2) is 39.1 Å². The molecular weight excluding hydrogens is 282 g/mol. The van der Waals surface area contributed by atoms with E-state index < -0.39 is 0 Å². The molecule has 1 amide bonds. The summed E-state index contributed by atoms with van der Waals surface area (Å²) in [5.41, 5.74) is 3.28. The maximum atomic E-state index is 11.9. The standard InChI is InChI=1S/C16H21N3OS/c1-4-21-12-16(20)18(3)10-14-9-17-19(11-14)15-7-5-6-13(2)8-15/h5-9,11H,4,10,12H2,1-3H3. The molecule has 0 atom stereocenters. The highest BCUT2D eigenvalue weighted by molar-refractivity contribution is 7.99. The van der Waals surface area contributed by atoms with Crippen LogP contribution in [0.2, 0.25) is 0 Å². The Hall–Kier alpha value is -1.75. The Balaban J connectivity index is 2.01. The van der Waals surface area contributed by atoms with Crippen LogP contribution in [0.3, 0.4) is 0 Å². The quantitative estimate of drug-likeness (QED) is 0.823. The average Bonchev–Trinajstić information content (AvgIpc) is 2.93.